The fraction of sp³-hybridized carbons (Fsp3) is 0.429. The van der Waals surface area contributed by atoms with Crippen molar-refractivity contribution in [1.82, 2.24) is 30.1 Å². The predicted octanol–water partition coefficient (Wildman–Crippen LogP) is 4.46. The zero-order chi connectivity index (χ0) is 25.1. The van der Waals surface area contributed by atoms with Crippen molar-refractivity contribution in [2.75, 3.05) is 6.61 Å². The predicted molar refractivity (Wildman–Crippen MR) is 140 cm³/mol. The summed E-state index contributed by atoms with van der Waals surface area (Å²) >= 11 is 0. The van der Waals surface area contributed by atoms with Crippen LogP contribution in [0.2, 0.25) is 0 Å². The number of nitrogens with one attached hydrogen (secondary N) is 1. The molecule has 36 heavy (non-hydrogen) atoms. The third kappa shape index (κ3) is 5.39. The third-order valence-electron chi connectivity index (χ3n) is 7.04. The number of aromatic amines is 1. The molecule has 0 unspecified atom stereocenters. The maximum Gasteiger partial charge on any atom is 0.252 e. The van der Waals surface area contributed by atoms with Crippen molar-refractivity contribution in [3.63, 3.8) is 0 Å². The van der Waals surface area contributed by atoms with Crippen LogP contribution in [0.25, 0.3) is 10.9 Å². The van der Waals surface area contributed by atoms with Crippen molar-refractivity contribution in [2.24, 2.45) is 0 Å². The van der Waals surface area contributed by atoms with E-state index in [-0.39, 0.29) is 17.7 Å². The van der Waals surface area contributed by atoms with Crippen LogP contribution in [0, 0.1) is 13.8 Å². The first-order valence-electron chi connectivity index (χ1n) is 12.8. The molecule has 0 amide bonds. The summed E-state index contributed by atoms with van der Waals surface area (Å²) in [5, 5.41) is 13.8. The van der Waals surface area contributed by atoms with E-state index in [0.717, 1.165) is 53.7 Å². The summed E-state index contributed by atoms with van der Waals surface area (Å²) in [6.45, 7) is 8.90. The average molecular weight is 487 g/mol. The molecule has 1 saturated heterocycles. The molecule has 1 N–H and O–H groups in total. The second-order valence-electron chi connectivity index (χ2n) is 9.88. The van der Waals surface area contributed by atoms with Gasteiger partial charge < -0.3 is 9.72 Å². The molecular formula is C28H34N6O2. The first kappa shape index (κ1) is 24.3. The van der Waals surface area contributed by atoms with Gasteiger partial charge in [-0.1, -0.05) is 48.4 Å². The maximum absolute atomic E-state index is 13.1. The van der Waals surface area contributed by atoms with Crippen molar-refractivity contribution in [1.29, 1.82) is 0 Å². The van der Waals surface area contributed by atoms with Crippen LogP contribution in [0.15, 0.2) is 53.3 Å². The van der Waals surface area contributed by atoms with Crippen LogP contribution in [-0.2, 0) is 24.4 Å². The first-order valence-corrected chi connectivity index (χ1v) is 12.8. The molecule has 0 aliphatic carbocycles. The van der Waals surface area contributed by atoms with E-state index < -0.39 is 0 Å². The molecule has 188 valence electrons. The molecule has 2 aromatic carbocycles. The quantitative estimate of drug-likeness (QED) is 0.376. The van der Waals surface area contributed by atoms with Crippen LogP contribution in [0.3, 0.4) is 0 Å². The highest BCUT2D eigenvalue weighted by molar-refractivity contribution is 5.79. The topological polar surface area (TPSA) is 88.9 Å². The minimum absolute atomic E-state index is 0.0599. The van der Waals surface area contributed by atoms with Gasteiger partial charge in [-0.05, 0) is 72.7 Å². The van der Waals surface area contributed by atoms with Crippen LogP contribution in [0.1, 0.15) is 60.3 Å². The van der Waals surface area contributed by atoms with E-state index in [1.54, 1.807) is 0 Å². The molecule has 1 aliphatic rings. The van der Waals surface area contributed by atoms with Gasteiger partial charge in [-0.15, -0.1) is 5.10 Å². The summed E-state index contributed by atoms with van der Waals surface area (Å²) < 4.78 is 7.74. The largest absolute Gasteiger partial charge is 0.376 e. The Balaban J connectivity index is 1.50. The summed E-state index contributed by atoms with van der Waals surface area (Å²) in [7, 11) is 0. The molecule has 8 heteroatoms. The van der Waals surface area contributed by atoms with Crippen LogP contribution in [0.4, 0.5) is 0 Å². The lowest BCUT2D eigenvalue weighted by Gasteiger charge is -2.30. The number of tetrazole rings is 1. The average Bonchev–Trinajstić information content (AvgIpc) is 3.55. The van der Waals surface area contributed by atoms with Gasteiger partial charge in [-0.2, -0.15) is 0 Å². The molecule has 2 aromatic heterocycles. The number of ether oxygens (including phenoxy) is 1. The molecule has 5 rings (SSSR count). The molecule has 4 aromatic rings. The normalized spacial score (nSPS) is 16.7. The van der Waals surface area contributed by atoms with E-state index in [1.165, 1.54) is 11.1 Å². The smallest absolute Gasteiger partial charge is 0.252 e. The van der Waals surface area contributed by atoms with Crippen LogP contribution >= 0.6 is 0 Å². The van der Waals surface area contributed by atoms with Gasteiger partial charge in [0.25, 0.3) is 5.56 Å². The van der Waals surface area contributed by atoms with Crippen LogP contribution < -0.4 is 5.56 Å². The summed E-state index contributed by atoms with van der Waals surface area (Å²) in [4.78, 5) is 18.5. The van der Waals surface area contributed by atoms with Gasteiger partial charge in [-0.25, -0.2) is 4.68 Å². The van der Waals surface area contributed by atoms with Gasteiger partial charge in [0.15, 0.2) is 5.82 Å². The minimum atomic E-state index is -0.0611. The Morgan fingerprint density at radius 1 is 1.11 bits per heavy atom. The lowest BCUT2D eigenvalue weighted by atomic mass is 10.1. The monoisotopic (exact) mass is 486 g/mol. The third-order valence-corrected chi connectivity index (χ3v) is 7.04. The number of H-pyrrole nitrogens is 1. The highest BCUT2D eigenvalue weighted by Crippen LogP contribution is 2.27. The van der Waals surface area contributed by atoms with Crippen molar-refractivity contribution in [3.8, 4) is 0 Å². The highest BCUT2D eigenvalue weighted by Gasteiger charge is 2.28. The number of aromatic nitrogens is 5. The highest BCUT2D eigenvalue weighted by atomic mass is 16.5. The van der Waals surface area contributed by atoms with Crippen molar-refractivity contribution >= 4 is 10.9 Å². The maximum atomic E-state index is 13.1. The number of nitrogens with zero attached hydrogens (tertiary/aromatic N) is 5. The zero-order valence-electron chi connectivity index (χ0n) is 21.3. The fourth-order valence-electron chi connectivity index (χ4n) is 5.08. The number of aryl methyl sites for hydroxylation is 2. The fourth-order valence-corrected chi connectivity index (χ4v) is 5.08. The second kappa shape index (κ2) is 10.7. The van der Waals surface area contributed by atoms with E-state index in [1.807, 2.05) is 22.9 Å². The van der Waals surface area contributed by atoms with Gasteiger partial charge in [0.2, 0.25) is 0 Å². The SMILES string of the molecule is CC[C@H](c1nnnn1C[C@@H]1CCCO1)N(Cc1ccc(C)cc1)Cc1cc2cc(C)ccc2[nH]c1=O. The molecule has 0 spiro atoms. The van der Waals surface area contributed by atoms with Gasteiger partial charge >= 0.3 is 0 Å². The van der Waals surface area contributed by atoms with Gasteiger partial charge in [-0.3, -0.25) is 9.69 Å². The second-order valence-corrected chi connectivity index (χ2v) is 9.88. The van der Waals surface area contributed by atoms with Crippen molar-refractivity contribution in [3.05, 3.63) is 87.0 Å². The van der Waals surface area contributed by atoms with Gasteiger partial charge in [0.05, 0.1) is 18.7 Å². The molecule has 1 aliphatic heterocycles. The molecule has 2 atom stereocenters. The van der Waals surface area contributed by atoms with E-state index in [4.69, 9.17) is 4.74 Å². The Morgan fingerprint density at radius 2 is 1.92 bits per heavy atom. The number of benzene rings is 2. The minimum Gasteiger partial charge on any atom is -0.376 e. The Morgan fingerprint density at radius 3 is 2.67 bits per heavy atom. The number of hydrogen-bond acceptors (Lipinski definition) is 6. The van der Waals surface area contributed by atoms with Crippen LogP contribution in [-0.4, -0.2) is 42.8 Å². The molecular weight excluding hydrogens is 452 g/mol. The number of rotatable bonds is 9. The number of pyridine rings is 1. The number of hydrogen-bond donors (Lipinski definition) is 1. The van der Waals surface area contributed by atoms with Gasteiger partial charge in [0, 0.05) is 30.8 Å². The molecule has 8 nitrogen and oxygen atoms in total. The lowest BCUT2D eigenvalue weighted by Crippen LogP contribution is -2.33. The summed E-state index contributed by atoms with van der Waals surface area (Å²) in [6.07, 6.45) is 3.04. The molecule has 0 saturated carbocycles. The Bertz CT molecular complexity index is 1370. The van der Waals surface area contributed by atoms with E-state index >= 15 is 0 Å². The Hall–Kier alpha value is -3.36. The lowest BCUT2D eigenvalue weighted by molar-refractivity contribution is 0.0888. The van der Waals surface area contributed by atoms with Crippen molar-refractivity contribution in [2.45, 2.75) is 71.8 Å². The van der Waals surface area contributed by atoms with Crippen molar-refractivity contribution < 1.29 is 4.74 Å². The molecule has 0 radical (unpaired) electrons. The molecule has 3 heterocycles. The van der Waals surface area contributed by atoms with Gasteiger partial charge in [0.1, 0.15) is 0 Å². The first-order chi connectivity index (χ1) is 17.5. The molecule has 0 bridgehead atoms. The Kier molecular flexibility index (Phi) is 7.25. The Labute approximate surface area is 211 Å². The number of fused-ring (bicyclic) bond motifs is 1. The van der Waals surface area contributed by atoms with E-state index in [2.05, 4.69) is 76.5 Å². The summed E-state index contributed by atoms with van der Waals surface area (Å²) in [6, 6.07) is 16.6. The summed E-state index contributed by atoms with van der Waals surface area (Å²) in [5.74, 6) is 0.813. The van der Waals surface area contributed by atoms with E-state index in [0.29, 0.717) is 19.6 Å². The van der Waals surface area contributed by atoms with E-state index in [9.17, 15) is 4.79 Å². The molecule has 1 fully saturated rings. The standard InChI is InChI=1S/C28H34N6O2/c1-4-26(27-30-31-32-34(27)18-24-6-5-13-36-24)33(16-21-10-7-19(2)8-11-21)17-23-15-22-14-20(3)9-12-25(22)29-28(23)35/h7-12,14-15,24,26H,4-6,13,16-18H2,1-3H3,(H,29,35)/t24-,26+/m0/s1. The summed E-state index contributed by atoms with van der Waals surface area (Å²) in [5.41, 5.74) is 5.10. The van der Waals surface area contributed by atoms with Crippen LogP contribution in [0.5, 0.6) is 0 Å². The zero-order valence-corrected chi connectivity index (χ0v) is 21.3.